The molecule has 0 amide bonds. The predicted octanol–water partition coefficient (Wildman–Crippen LogP) is 5.11. The van der Waals surface area contributed by atoms with E-state index < -0.39 is 0 Å². The van der Waals surface area contributed by atoms with Crippen LogP contribution >= 0.6 is 35.4 Å². The highest BCUT2D eigenvalue weighted by Crippen LogP contribution is 2.25. The van der Waals surface area contributed by atoms with E-state index in [1.54, 1.807) is 17.0 Å². The molecule has 3 aromatic rings. The zero-order valence-electron chi connectivity index (χ0n) is 12.1. The SMILES string of the molecule is Cc1ccccc1-c1n[nH]c(=S)n1/N=C/c1cccc(Cl)c1Cl. The van der Waals surface area contributed by atoms with E-state index in [0.717, 1.165) is 11.1 Å². The number of halogens is 2. The lowest BCUT2D eigenvalue weighted by atomic mass is 10.1. The van der Waals surface area contributed by atoms with E-state index in [1.807, 2.05) is 43.3 Å². The first-order chi connectivity index (χ1) is 11.1. The molecule has 0 fully saturated rings. The third-order valence-electron chi connectivity index (χ3n) is 3.33. The topological polar surface area (TPSA) is 46.0 Å². The third kappa shape index (κ3) is 3.22. The molecule has 0 saturated carbocycles. The van der Waals surface area contributed by atoms with Crippen molar-refractivity contribution in [1.82, 2.24) is 14.9 Å². The average molecular weight is 363 g/mol. The molecule has 4 nitrogen and oxygen atoms in total. The Morgan fingerprint density at radius 3 is 2.74 bits per heavy atom. The second kappa shape index (κ2) is 6.66. The Balaban J connectivity index is 2.07. The molecule has 1 heterocycles. The molecular weight excluding hydrogens is 351 g/mol. The summed E-state index contributed by atoms with van der Waals surface area (Å²) in [6, 6.07) is 13.3. The van der Waals surface area contributed by atoms with Crippen molar-refractivity contribution in [3.05, 3.63) is 68.4 Å². The van der Waals surface area contributed by atoms with Crippen LogP contribution in [0, 0.1) is 11.7 Å². The highest BCUT2D eigenvalue weighted by Gasteiger charge is 2.10. The van der Waals surface area contributed by atoms with Crippen LogP contribution in [0.5, 0.6) is 0 Å². The molecule has 0 aliphatic rings. The summed E-state index contributed by atoms with van der Waals surface area (Å²) >= 11 is 17.4. The zero-order chi connectivity index (χ0) is 16.4. The lowest BCUT2D eigenvalue weighted by molar-refractivity contribution is 0.871. The van der Waals surface area contributed by atoms with Gasteiger partial charge in [-0.2, -0.15) is 14.9 Å². The average Bonchev–Trinajstić information content (AvgIpc) is 2.90. The first-order valence-corrected chi connectivity index (χ1v) is 7.96. The van der Waals surface area contributed by atoms with E-state index >= 15 is 0 Å². The number of nitrogens with one attached hydrogen (secondary N) is 1. The standard InChI is InChI=1S/C16H12Cl2N4S/c1-10-5-2-3-7-12(10)15-20-21-16(23)22(15)19-9-11-6-4-8-13(17)14(11)18/h2-9H,1H3,(H,21,23)/b19-9+. The Morgan fingerprint density at radius 1 is 1.17 bits per heavy atom. The fourth-order valence-corrected chi connectivity index (χ4v) is 2.67. The number of hydrogen-bond acceptors (Lipinski definition) is 3. The van der Waals surface area contributed by atoms with E-state index in [0.29, 0.717) is 26.2 Å². The summed E-state index contributed by atoms with van der Waals surface area (Å²) in [5, 5.41) is 12.4. The van der Waals surface area contributed by atoms with Gasteiger partial charge >= 0.3 is 0 Å². The van der Waals surface area contributed by atoms with E-state index in [-0.39, 0.29) is 0 Å². The molecule has 2 aromatic carbocycles. The molecule has 0 aliphatic heterocycles. The number of H-pyrrole nitrogens is 1. The summed E-state index contributed by atoms with van der Waals surface area (Å²) in [5.41, 5.74) is 2.74. The van der Waals surface area contributed by atoms with E-state index in [4.69, 9.17) is 35.4 Å². The number of nitrogens with zero attached hydrogens (tertiary/aromatic N) is 3. The molecule has 3 rings (SSSR count). The number of aromatic nitrogens is 3. The molecule has 0 aliphatic carbocycles. The van der Waals surface area contributed by atoms with Gasteiger partial charge in [0.25, 0.3) is 0 Å². The molecule has 0 atom stereocenters. The molecule has 0 radical (unpaired) electrons. The quantitative estimate of drug-likeness (QED) is 0.520. The Bertz CT molecular complexity index is 943. The molecule has 0 bridgehead atoms. The summed E-state index contributed by atoms with van der Waals surface area (Å²) in [5.74, 6) is 0.641. The molecule has 0 saturated heterocycles. The number of aromatic amines is 1. The summed E-state index contributed by atoms with van der Waals surface area (Å²) in [6.45, 7) is 2.01. The minimum atomic E-state index is 0.401. The normalized spacial score (nSPS) is 11.3. The van der Waals surface area contributed by atoms with Gasteiger partial charge in [-0.1, -0.05) is 59.6 Å². The van der Waals surface area contributed by atoms with Crippen LogP contribution < -0.4 is 0 Å². The van der Waals surface area contributed by atoms with Crippen LogP contribution in [-0.4, -0.2) is 21.1 Å². The van der Waals surface area contributed by atoms with Crippen molar-refractivity contribution in [1.29, 1.82) is 0 Å². The molecular formula is C16H12Cl2N4S. The van der Waals surface area contributed by atoms with Crippen LogP contribution in [0.4, 0.5) is 0 Å². The highest BCUT2D eigenvalue weighted by molar-refractivity contribution is 7.71. The molecule has 7 heteroatoms. The monoisotopic (exact) mass is 362 g/mol. The lowest BCUT2D eigenvalue weighted by Gasteiger charge is -2.04. The number of benzene rings is 2. The molecule has 1 N–H and O–H groups in total. The van der Waals surface area contributed by atoms with E-state index in [9.17, 15) is 0 Å². The molecule has 1 aromatic heterocycles. The third-order valence-corrected chi connectivity index (χ3v) is 4.43. The second-order valence-corrected chi connectivity index (χ2v) is 6.04. The Morgan fingerprint density at radius 2 is 1.96 bits per heavy atom. The van der Waals surface area contributed by atoms with Crippen molar-refractivity contribution in [2.75, 3.05) is 0 Å². The number of hydrogen-bond donors (Lipinski definition) is 1. The maximum Gasteiger partial charge on any atom is 0.216 e. The zero-order valence-corrected chi connectivity index (χ0v) is 14.5. The summed E-state index contributed by atoms with van der Waals surface area (Å²) < 4.78 is 1.96. The first kappa shape index (κ1) is 15.9. The molecule has 0 unspecified atom stereocenters. The van der Waals surface area contributed by atoms with Gasteiger partial charge in [-0.3, -0.25) is 0 Å². The number of aryl methyl sites for hydroxylation is 1. The van der Waals surface area contributed by atoms with E-state index in [1.165, 1.54) is 0 Å². The molecule has 116 valence electrons. The van der Waals surface area contributed by atoms with Gasteiger partial charge in [0.05, 0.1) is 16.3 Å². The van der Waals surface area contributed by atoms with Gasteiger partial charge in [-0.25, -0.2) is 5.10 Å². The van der Waals surface area contributed by atoms with Gasteiger partial charge < -0.3 is 0 Å². The largest absolute Gasteiger partial charge is 0.250 e. The molecule has 23 heavy (non-hydrogen) atoms. The van der Waals surface area contributed by atoms with Gasteiger partial charge in [-0.15, -0.1) is 0 Å². The Kier molecular flexibility index (Phi) is 4.61. The Labute approximate surface area is 148 Å². The van der Waals surface area contributed by atoms with Crippen molar-refractivity contribution < 1.29 is 0 Å². The Hall–Kier alpha value is -1.95. The molecule has 0 spiro atoms. The van der Waals surface area contributed by atoms with E-state index in [2.05, 4.69) is 15.3 Å². The fourth-order valence-electron chi connectivity index (χ4n) is 2.14. The van der Waals surface area contributed by atoms with Crippen molar-refractivity contribution in [2.24, 2.45) is 5.10 Å². The van der Waals surface area contributed by atoms with Crippen LogP contribution in [0.25, 0.3) is 11.4 Å². The lowest BCUT2D eigenvalue weighted by Crippen LogP contribution is -1.96. The van der Waals surface area contributed by atoms with Crippen LogP contribution in [0.1, 0.15) is 11.1 Å². The van der Waals surface area contributed by atoms with Crippen molar-refractivity contribution in [3.63, 3.8) is 0 Å². The highest BCUT2D eigenvalue weighted by atomic mass is 35.5. The van der Waals surface area contributed by atoms with Gasteiger partial charge in [0.1, 0.15) is 0 Å². The fraction of sp³-hybridized carbons (Fsp3) is 0.0625. The van der Waals surface area contributed by atoms with Crippen molar-refractivity contribution in [3.8, 4) is 11.4 Å². The van der Waals surface area contributed by atoms with Crippen molar-refractivity contribution >= 4 is 41.6 Å². The van der Waals surface area contributed by atoms with Gasteiger partial charge in [0, 0.05) is 11.1 Å². The first-order valence-electron chi connectivity index (χ1n) is 6.79. The smallest absolute Gasteiger partial charge is 0.216 e. The second-order valence-electron chi connectivity index (χ2n) is 4.87. The van der Waals surface area contributed by atoms with Crippen LogP contribution in [-0.2, 0) is 0 Å². The van der Waals surface area contributed by atoms with Crippen LogP contribution in [0.2, 0.25) is 10.0 Å². The maximum atomic E-state index is 6.17. The van der Waals surface area contributed by atoms with Gasteiger partial charge in [0.2, 0.25) is 4.77 Å². The predicted molar refractivity (Wildman–Crippen MR) is 97.0 cm³/mol. The maximum absolute atomic E-state index is 6.17. The van der Waals surface area contributed by atoms with Crippen LogP contribution in [0.15, 0.2) is 47.6 Å². The van der Waals surface area contributed by atoms with Crippen molar-refractivity contribution in [2.45, 2.75) is 6.92 Å². The summed E-state index contributed by atoms with van der Waals surface area (Å²) in [7, 11) is 0. The van der Waals surface area contributed by atoms with Gasteiger partial charge in [-0.05, 0) is 30.8 Å². The van der Waals surface area contributed by atoms with Gasteiger partial charge in [0.15, 0.2) is 5.82 Å². The minimum absolute atomic E-state index is 0.401. The van der Waals surface area contributed by atoms with Crippen LogP contribution in [0.3, 0.4) is 0 Å². The summed E-state index contributed by atoms with van der Waals surface area (Å²) in [4.78, 5) is 0. The minimum Gasteiger partial charge on any atom is -0.250 e. The number of rotatable bonds is 3. The summed E-state index contributed by atoms with van der Waals surface area (Å²) in [6.07, 6.45) is 1.61.